The number of hydrogen-bond acceptors (Lipinski definition) is 1. The van der Waals surface area contributed by atoms with Crippen LogP contribution in [0.5, 0.6) is 0 Å². The van der Waals surface area contributed by atoms with Gasteiger partial charge in [0.1, 0.15) is 0 Å². The summed E-state index contributed by atoms with van der Waals surface area (Å²) in [5, 5.41) is 0. The van der Waals surface area contributed by atoms with Gasteiger partial charge in [0.25, 0.3) is 0 Å². The molecule has 0 aromatic carbocycles. The van der Waals surface area contributed by atoms with Gasteiger partial charge in [-0.2, -0.15) is 0 Å². The third kappa shape index (κ3) is 2.07. The molecule has 4 aliphatic carbocycles. The van der Waals surface area contributed by atoms with Crippen molar-refractivity contribution in [2.45, 2.75) is 79.1 Å². The van der Waals surface area contributed by atoms with Crippen molar-refractivity contribution in [2.24, 2.45) is 40.4 Å². The molecule has 0 spiro atoms. The molecular formula is C22H34O. The Kier molecular flexibility index (Phi) is 3.60. The van der Waals surface area contributed by atoms with Crippen molar-refractivity contribution in [3.05, 3.63) is 11.6 Å². The van der Waals surface area contributed by atoms with Crippen molar-refractivity contribution in [3.8, 4) is 0 Å². The Morgan fingerprint density at radius 2 is 1.91 bits per heavy atom. The lowest BCUT2D eigenvalue weighted by Gasteiger charge is -2.60. The van der Waals surface area contributed by atoms with Gasteiger partial charge >= 0.3 is 0 Å². The molecule has 4 aliphatic rings. The summed E-state index contributed by atoms with van der Waals surface area (Å²) < 4.78 is 0. The van der Waals surface area contributed by atoms with Gasteiger partial charge in [-0.1, -0.05) is 39.7 Å². The summed E-state index contributed by atoms with van der Waals surface area (Å²) in [4.78, 5) is 12.0. The van der Waals surface area contributed by atoms with Gasteiger partial charge in [0, 0.05) is 6.42 Å². The molecule has 0 amide bonds. The molecule has 128 valence electrons. The number of hydrogen-bond donors (Lipinski definition) is 0. The van der Waals surface area contributed by atoms with Crippen LogP contribution in [0.15, 0.2) is 11.6 Å². The van der Waals surface area contributed by atoms with Crippen molar-refractivity contribution in [1.82, 2.24) is 0 Å². The monoisotopic (exact) mass is 314 g/mol. The van der Waals surface area contributed by atoms with Gasteiger partial charge in [0.2, 0.25) is 0 Å². The maximum Gasteiger partial charge on any atom is 0.155 e. The lowest BCUT2D eigenvalue weighted by Crippen LogP contribution is -2.53. The molecule has 0 aliphatic heterocycles. The van der Waals surface area contributed by atoms with Crippen LogP contribution in [0.2, 0.25) is 0 Å². The summed E-state index contributed by atoms with van der Waals surface area (Å²) >= 11 is 0. The minimum absolute atomic E-state index is 0.331. The van der Waals surface area contributed by atoms with Gasteiger partial charge in [-0.3, -0.25) is 4.79 Å². The maximum atomic E-state index is 12.0. The average Bonchev–Trinajstić information content (AvgIpc) is 2.83. The molecular weight excluding hydrogens is 280 g/mol. The van der Waals surface area contributed by atoms with E-state index in [-0.39, 0.29) is 0 Å². The van der Waals surface area contributed by atoms with E-state index >= 15 is 0 Å². The zero-order valence-electron chi connectivity index (χ0n) is 15.5. The Labute approximate surface area is 142 Å². The van der Waals surface area contributed by atoms with Crippen LogP contribution in [0.25, 0.3) is 0 Å². The zero-order chi connectivity index (χ0) is 16.4. The van der Waals surface area contributed by atoms with Crippen LogP contribution in [0.1, 0.15) is 79.1 Å². The standard InChI is InChI=1S/C22H34O/c1-5-15-12-16-13-17(23)8-10-22(16,4)19-9-11-21(3)14(2)6-7-18(21)20(15)19/h13-15,18-20H,5-12H2,1-4H3/t14-,15+,18-,19-,20-,21+,22-/m0/s1. The van der Waals surface area contributed by atoms with Crippen LogP contribution < -0.4 is 0 Å². The van der Waals surface area contributed by atoms with Crippen LogP contribution in [-0.4, -0.2) is 5.78 Å². The van der Waals surface area contributed by atoms with E-state index in [4.69, 9.17) is 0 Å². The highest BCUT2D eigenvalue weighted by Crippen LogP contribution is 2.68. The molecule has 0 saturated heterocycles. The van der Waals surface area contributed by atoms with E-state index in [2.05, 4.69) is 33.8 Å². The largest absolute Gasteiger partial charge is 0.295 e. The van der Waals surface area contributed by atoms with Crippen LogP contribution in [-0.2, 0) is 4.79 Å². The van der Waals surface area contributed by atoms with Gasteiger partial charge in [-0.25, -0.2) is 0 Å². The molecule has 4 rings (SSSR count). The van der Waals surface area contributed by atoms with Crippen molar-refractivity contribution in [2.75, 3.05) is 0 Å². The zero-order valence-corrected chi connectivity index (χ0v) is 15.5. The van der Waals surface area contributed by atoms with Gasteiger partial charge in [0.05, 0.1) is 0 Å². The normalized spacial score (nSPS) is 52.4. The predicted octanol–water partition coefficient (Wildman–Crippen LogP) is 5.79. The summed E-state index contributed by atoms with van der Waals surface area (Å²) in [5.74, 6) is 4.81. The first-order valence-electron chi connectivity index (χ1n) is 10.1. The highest BCUT2D eigenvalue weighted by molar-refractivity contribution is 5.91. The summed E-state index contributed by atoms with van der Waals surface area (Å²) in [6.45, 7) is 10.0. The lowest BCUT2D eigenvalue weighted by atomic mass is 9.44. The van der Waals surface area contributed by atoms with E-state index in [9.17, 15) is 4.79 Å². The number of allylic oxidation sites excluding steroid dienone is 1. The first-order chi connectivity index (χ1) is 10.9. The number of fused-ring (bicyclic) bond motifs is 5. The molecule has 0 aromatic rings. The smallest absolute Gasteiger partial charge is 0.155 e. The number of rotatable bonds is 1. The number of carbonyl (C=O) groups is 1. The van der Waals surface area contributed by atoms with Crippen LogP contribution in [0, 0.1) is 40.4 Å². The molecule has 0 N–H and O–H groups in total. The third-order valence-electron chi connectivity index (χ3n) is 9.14. The Bertz CT molecular complexity index is 546. The fourth-order valence-electron chi connectivity index (χ4n) is 7.38. The van der Waals surface area contributed by atoms with Crippen LogP contribution >= 0.6 is 0 Å². The summed E-state index contributed by atoms with van der Waals surface area (Å²) in [6.07, 6.45) is 12.2. The predicted molar refractivity (Wildman–Crippen MR) is 95.0 cm³/mol. The third-order valence-corrected chi connectivity index (χ3v) is 9.14. The van der Waals surface area contributed by atoms with Crippen LogP contribution in [0.4, 0.5) is 0 Å². The fraction of sp³-hybridized carbons (Fsp3) is 0.864. The molecule has 0 aromatic heterocycles. The molecule has 3 saturated carbocycles. The average molecular weight is 315 g/mol. The summed E-state index contributed by atoms with van der Waals surface area (Å²) in [7, 11) is 0. The molecule has 1 nitrogen and oxygen atoms in total. The quantitative estimate of drug-likeness (QED) is 0.598. The minimum Gasteiger partial charge on any atom is -0.295 e. The van der Waals surface area contributed by atoms with Crippen LogP contribution in [0.3, 0.4) is 0 Å². The van der Waals surface area contributed by atoms with E-state index in [1.54, 1.807) is 0 Å². The van der Waals surface area contributed by atoms with Gasteiger partial charge < -0.3 is 0 Å². The van der Waals surface area contributed by atoms with E-state index in [0.29, 0.717) is 16.6 Å². The molecule has 0 heterocycles. The highest BCUT2D eigenvalue weighted by Gasteiger charge is 2.60. The number of ketones is 1. The second-order valence-electron chi connectivity index (χ2n) is 9.74. The second-order valence-corrected chi connectivity index (χ2v) is 9.74. The van der Waals surface area contributed by atoms with Gasteiger partial charge in [-0.15, -0.1) is 0 Å². The Balaban J connectivity index is 1.75. The second kappa shape index (κ2) is 5.20. The van der Waals surface area contributed by atoms with E-state index in [1.807, 2.05) is 0 Å². The molecule has 0 radical (unpaired) electrons. The molecule has 7 atom stereocenters. The Morgan fingerprint density at radius 3 is 2.65 bits per heavy atom. The summed E-state index contributed by atoms with van der Waals surface area (Å²) in [5.41, 5.74) is 2.45. The summed E-state index contributed by atoms with van der Waals surface area (Å²) in [6, 6.07) is 0. The van der Waals surface area contributed by atoms with Crippen molar-refractivity contribution >= 4 is 5.78 Å². The van der Waals surface area contributed by atoms with Crippen molar-refractivity contribution in [3.63, 3.8) is 0 Å². The molecule has 23 heavy (non-hydrogen) atoms. The Hall–Kier alpha value is -0.590. The molecule has 1 heteroatoms. The topological polar surface area (TPSA) is 17.1 Å². The lowest BCUT2D eigenvalue weighted by molar-refractivity contribution is -0.118. The minimum atomic E-state index is 0.331. The Morgan fingerprint density at radius 1 is 1.13 bits per heavy atom. The molecule has 3 fully saturated rings. The first-order valence-corrected chi connectivity index (χ1v) is 10.1. The van der Waals surface area contributed by atoms with Gasteiger partial charge in [0.15, 0.2) is 5.78 Å². The first kappa shape index (κ1) is 15.9. The van der Waals surface area contributed by atoms with E-state index in [0.717, 1.165) is 42.4 Å². The molecule has 0 bridgehead atoms. The van der Waals surface area contributed by atoms with Gasteiger partial charge in [-0.05, 0) is 85.0 Å². The fourth-order valence-corrected chi connectivity index (χ4v) is 7.38. The van der Waals surface area contributed by atoms with Crippen molar-refractivity contribution < 1.29 is 4.79 Å². The van der Waals surface area contributed by atoms with Crippen molar-refractivity contribution in [1.29, 1.82) is 0 Å². The molecule has 0 unspecified atom stereocenters. The SMILES string of the molecule is CC[C@@H]1CC2=CC(=O)CC[C@]2(C)[C@H]2CC[C@]3(C)[C@@H](C)CC[C@H]3[C@H]12. The maximum absolute atomic E-state index is 12.0. The van der Waals surface area contributed by atoms with E-state index in [1.165, 1.54) is 44.1 Å². The number of carbonyl (C=O) groups excluding carboxylic acids is 1. The van der Waals surface area contributed by atoms with E-state index < -0.39 is 0 Å². The highest BCUT2D eigenvalue weighted by atomic mass is 16.1.